The van der Waals surface area contributed by atoms with Crippen LogP contribution < -0.4 is 5.32 Å². The number of nitrogens with zero attached hydrogens (tertiary/aromatic N) is 2. The summed E-state index contributed by atoms with van der Waals surface area (Å²) >= 11 is 6.25. The van der Waals surface area contributed by atoms with Gasteiger partial charge in [0.2, 0.25) is 15.9 Å². The number of carbonyl (C=O) groups excluding carboxylic acids is 1. The zero-order chi connectivity index (χ0) is 28.8. The van der Waals surface area contributed by atoms with Gasteiger partial charge in [-0.1, -0.05) is 35.9 Å². The van der Waals surface area contributed by atoms with Crippen LogP contribution in [0.4, 0.5) is 0 Å². The minimum atomic E-state index is -4.20. The van der Waals surface area contributed by atoms with Gasteiger partial charge in [-0.3, -0.25) is 14.3 Å². The van der Waals surface area contributed by atoms with Crippen LogP contribution in [0.3, 0.4) is 0 Å². The van der Waals surface area contributed by atoms with Gasteiger partial charge in [0.1, 0.15) is 0 Å². The van der Waals surface area contributed by atoms with Crippen LogP contribution in [0.1, 0.15) is 42.5 Å². The van der Waals surface area contributed by atoms with Gasteiger partial charge >= 0.3 is 0 Å². The highest BCUT2D eigenvalue weighted by atomic mass is 35.5. The molecule has 0 aliphatic carbocycles. The number of sulfonamides is 1. The van der Waals surface area contributed by atoms with Crippen molar-refractivity contribution in [1.29, 1.82) is 0 Å². The van der Waals surface area contributed by atoms with Crippen molar-refractivity contribution in [2.45, 2.75) is 44.6 Å². The summed E-state index contributed by atoms with van der Waals surface area (Å²) in [6.07, 6.45) is 3.63. The zero-order valence-corrected chi connectivity index (χ0v) is 24.4. The molecule has 9 nitrogen and oxygen atoms in total. The average Bonchev–Trinajstić information content (AvgIpc) is 2.87. The van der Waals surface area contributed by atoms with Gasteiger partial charge in [0.05, 0.1) is 10.6 Å². The molecular formula is C27H32ClN3O6S2. The van der Waals surface area contributed by atoms with E-state index in [1.54, 1.807) is 38.4 Å². The molecule has 0 saturated heterocycles. The average molecular weight is 594 g/mol. The number of carbonyl (C=O) groups is 1. The fraction of sp³-hybridized carbons (Fsp3) is 0.333. The second kappa shape index (κ2) is 13.0. The standard InChI is InChI=1S/C27H32ClN3O6S2/c1-19-18-29-13-12-24(19)23-8-4-7-22(17-23)21(3)31(15-6-11-27(32)30-14-16-38(33,34)35)39(36,37)26-10-5-9-25(28)20(26)2/h4-5,7-10,12-13,17-18,21H,6,11,14-16H2,1-3H3,(H,30,32)(H,33,34,35). The predicted molar refractivity (Wildman–Crippen MR) is 152 cm³/mol. The largest absolute Gasteiger partial charge is 0.355 e. The lowest BCUT2D eigenvalue weighted by molar-refractivity contribution is -0.121. The van der Waals surface area contributed by atoms with Gasteiger partial charge in [-0.2, -0.15) is 12.7 Å². The van der Waals surface area contributed by atoms with Gasteiger partial charge in [-0.25, -0.2) is 8.42 Å². The van der Waals surface area contributed by atoms with Crippen molar-refractivity contribution in [3.63, 3.8) is 0 Å². The second-order valence-electron chi connectivity index (χ2n) is 9.21. The fourth-order valence-electron chi connectivity index (χ4n) is 4.25. The van der Waals surface area contributed by atoms with Crippen LogP contribution in [-0.2, 0) is 24.9 Å². The number of halogens is 1. The van der Waals surface area contributed by atoms with Crippen LogP contribution in [0, 0.1) is 13.8 Å². The van der Waals surface area contributed by atoms with E-state index in [4.69, 9.17) is 16.2 Å². The molecule has 0 aliphatic heterocycles. The second-order valence-corrected chi connectivity index (χ2v) is 13.0. The summed E-state index contributed by atoms with van der Waals surface area (Å²) in [6, 6.07) is 13.7. The van der Waals surface area contributed by atoms with Gasteiger partial charge in [0.15, 0.2) is 0 Å². The summed E-state index contributed by atoms with van der Waals surface area (Å²) in [5, 5.41) is 2.75. The molecule has 0 saturated carbocycles. The molecule has 2 aromatic carbocycles. The lowest BCUT2D eigenvalue weighted by Gasteiger charge is -2.30. The van der Waals surface area contributed by atoms with E-state index >= 15 is 0 Å². The molecule has 1 atom stereocenters. The summed E-state index contributed by atoms with van der Waals surface area (Å²) in [6.45, 7) is 5.19. The van der Waals surface area contributed by atoms with E-state index in [2.05, 4.69) is 10.3 Å². The van der Waals surface area contributed by atoms with Crippen molar-refractivity contribution < 1.29 is 26.2 Å². The molecule has 0 spiro atoms. The Labute approximate surface area is 235 Å². The first-order chi connectivity index (χ1) is 18.3. The summed E-state index contributed by atoms with van der Waals surface area (Å²) in [5.74, 6) is -1.05. The molecule has 12 heteroatoms. The molecule has 1 heterocycles. The molecule has 3 rings (SSSR count). The van der Waals surface area contributed by atoms with Crippen LogP contribution in [0.15, 0.2) is 65.8 Å². The molecule has 0 bridgehead atoms. The number of nitrogens with one attached hydrogen (secondary N) is 1. The molecule has 1 unspecified atom stereocenters. The van der Waals surface area contributed by atoms with Crippen molar-refractivity contribution in [2.75, 3.05) is 18.8 Å². The highest BCUT2D eigenvalue weighted by Crippen LogP contribution is 2.33. The smallest absolute Gasteiger partial charge is 0.266 e. The van der Waals surface area contributed by atoms with Crippen LogP contribution in [0.2, 0.25) is 5.02 Å². The summed E-state index contributed by atoms with van der Waals surface area (Å²) in [7, 11) is -8.22. The Morgan fingerprint density at radius 3 is 2.51 bits per heavy atom. The van der Waals surface area contributed by atoms with Crippen LogP contribution in [-0.4, -0.2) is 55.4 Å². The highest BCUT2D eigenvalue weighted by Gasteiger charge is 2.31. The maximum absolute atomic E-state index is 14.0. The first-order valence-corrected chi connectivity index (χ1v) is 15.7. The highest BCUT2D eigenvalue weighted by molar-refractivity contribution is 7.89. The third-order valence-electron chi connectivity index (χ3n) is 6.40. The molecule has 210 valence electrons. The van der Waals surface area contributed by atoms with Crippen LogP contribution >= 0.6 is 11.6 Å². The van der Waals surface area contributed by atoms with E-state index < -0.39 is 37.8 Å². The van der Waals surface area contributed by atoms with Gasteiger partial charge in [-0.15, -0.1) is 0 Å². The molecule has 0 radical (unpaired) electrons. The topological polar surface area (TPSA) is 134 Å². The van der Waals surface area contributed by atoms with Crippen LogP contribution in [0.5, 0.6) is 0 Å². The molecule has 0 aliphatic rings. The predicted octanol–water partition coefficient (Wildman–Crippen LogP) is 4.55. The number of pyridine rings is 1. The Morgan fingerprint density at radius 1 is 1.10 bits per heavy atom. The van der Waals surface area contributed by atoms with Crippen molar-refractivity contribution in [3.8, 4) is 11.1 Å². The quantitative estimate of drug-likeness (QED) is 0.294. The third kappa shape index (κ3) is 8.09. The van der Waals surface area contributed by atoms with E-state index in [1.165, 1.54) is 10.4 Å². The summed E-state index contributed by atoms with van der Waals surface area (Å²) in [4.78, 5) is 16.5. The van der Waals surface area contributed by atoms with Crippen molar-refractivity contribution in [1.82, 2.24) is 14.6 Å². The van der Waals surface area contributed by atoms with Crippen molar-refractivity contribution in [3.05, 3.63) is 82.6 Å². The first kappa shape index (κ1) is 30.7. The lowest BCUT2D eigenvalue weighted by atomic mass is 9.98. The molecular weight excluding hydrogens is 562 g/mol. The maximum Gasteiger partial charge on any atom is 0.266 e. The Bertz CT molecular complexity index is 1540. The number of benzene rings is 2. The summed E-state index contributed by atoms with van der Waals surface area (Å²) in [5.41, 5.74) is 4.10. The maximum atomic E-state index is 14.0. The van der Waals surface area contributed by atoms with Gasteiger partial charge < -0.3 is 5.32 Å². The van der Waals surface area contributed by atoms with Crippen molar-refractivity contribution in [2.24, 2.45) is 0 Å². The van der Waals surface area contributed by atoms with E-state index in [-0.39, 0.29) is 30.8 Å². The van der Waals surface area contributed by atoms with E-state index in [9.17, 15) is 21.6 Å². The molecule has 39 heavy (non-hydrogen) atoms. The lowest BCUT2D eigenvalue weighted by Crippen LogP contribution is -2.36. The van der Waals surface area contributed by atoms with E-state index in [0.29, 0.717) is 10.6 Å². The SMILES string of the molecule is Cc1cnccc1-c1cccc(C(C)N(CCCC(=O)NCCS(=O)(=O)O)S(=O)(=O)c2cccc(Cl)c2C)c1. The minimum Gasteiger partial charge on any atom is -0.355 e. The zero-order valence-electron chi connectivity index (χ0n) is 22.0. The van der Waals surface area contributed by atoms with E-state index in [1.807, 2.05) is 37.3 Å². The van der Waals surface area contributed by atoms with Gasteiger partial charge in [0, 0.05) is 43.0 Å². The molecule has 2 N–H and O–H groups in total. The number of hydrogen-bond acceptors (Lipinski definition) is 6. The number of aromatic nitrogens is 1. The summed E-state index contributed by atoms with van der Waals surface area (Å²) < 4.78 is 59.8. The fourth-order valence-corrected chi connectivity index (χ4v) is 6.75. The molecule has 0 fully saturated rings. The van der Waals surface area contributed by atoms with E-state index in [0.717, 1.165) is 22.3 Å². The first-order valence-electron chi connectivity index (χ1n) is 12.3. The number of amides is 1. The Kier molecular flexibility index (Phi) is 10.2. The Morgan fingerprint density at radius 2 is 1.82 bits per heavy atom. The number of aryl methyl sites for hydroxylation is 1. The number of rotatable bonds is 12. The molecule has 1 aromatic heterocycles. The minimum absolute atomic E-state index is 0.0275. The van der Waals surface area contributed by atoms with Gasteiger partial charge in [-0.05, 0) is 79.3 Å². The Balaban J connectivity index is 1.90. The number of hydrogen-bond donors (Lipinski definition) is 2. The molecule has 3 aromatic rings. The van der Waals surface area contributed by atoms with Crippen LogP contribution in [0.25, 0.3) is 11.1 Å². The van der Waals surface area contributed by atoms with Gasteiger partial charge in [0.25, 0.3) is 10.1 Å². The normalized spacial score (nSPS) is 12.9. The van der Waals surface area contributed by atoms with Crippen molar-refractivity contribution >= 4 is 37.6 Å². The Hall–Kier alpha value is -2.83. The monoisotopic (exact) mass is 593 g/mol. The molecule has 1 amide bonds. The third-order valence-corrected chi connectivity index (χ3v) is 9.65.